The van der Waals surface area contributed by atoms with Gasteiger partial charge in [0.15, 0.2) is 0 Å². The highest BCUT2D eigenvalue weighted by Crippen LogP contribution is 2.67. The lowest BCUT2D eigenvalue weighted by atomic mass is 9.95. The van der Waals surface area contributed by atoms with Gasteiger partial charge in [-0.05, 0) is 37.1 Å². The summed E-state index contributed by atoms with van der Waals surface area (Å²) in [6.45, 7) is 4.40. The van der Waals surface area contributed by atoms with Gasteiger partial charge < -0.3 is 13.9 Å². The lowest BCUT2D eigenvalue weighted by molar-refractivity contribution is 0.215. The van der Waals surface area contributed by atoms with Crippen molar-refractivity contribution in [1.29, 1.82) is 0 Å². The first-order valence-corrected chi connectivity index (χ1v) is 9.54. The molecule has 0 aliphatic carbocycles. The molecule has 0 amide bonds. The second kappa shape index (κ2) is 6.48. The van der Waals surface area contributed by atoms with Gasteiger partial charge in [-0.1, -0.05) is 36.4 Å². The number of para-hydroxylation sites is 2. The van der Waals surface area contributed by atoms with Gasteiger partial charge in [0.2, 0.25) is 0 Å². The Morgan fingerprint density at radius 3 is 1.78 bits per heavy atom. The zero-order valence-electron chi connectivity index (χ0n) is 13.7. The third-order valence-corrected chi connectivity index (χ3v) is 6.54. The van der Waals surface area contributed by atoms with Crippen LogP contribution in [0.1, 0.15) is 30.6 Å². The van der Waals surface area contributed by atoms with Crippen molar-refractivity contribution in [2.75, 3.05) is 25.2 Å². The molecule has 0 saturated heterocycles. The van der Waals surface area contributed by atoms with Crippen LogP contribution in [-0.4, -0.2) is 20.3 Å². The summed E-state index contributed by atoms with van der Waals surface area (Å²) in [6, 6.07) is 16.0. The number of anilines is 2. The Morgan fingerprint density at radius 1 is 0.913 bits per heavy atom. The summed E-state index contributed by atoms with van der Waals surface area (Å²) in [7, 11) is -1.28. The van der Waals surface area contributed by atoms with Crippen LogP contribution in [0.5, 0.6) is 0 Å². The van der Waals surface area contributed by atoms with Crippen molar-refractivity contribution >= 4 is 19.0 Å². The second-order valence-electron chi connectivity index (χ2n) is 5.45. The highest BCUT2D eigenvalue weighted by Gasteiger charge is 2.43. The molecule has 3 rings (SSSR count). The van der Waals surface area contributed by atoms with Crippen molar-refractivity contribution < 1.29 is 13.6 Å². The van der Waals surface area contributed by atoms with Crippen molar-refractivity contribution in [3.63, 3.8) is 0 Å². The van der Waals surface area contributed by atoms with E-state index in [1.807, 2.05) is 69.4 Å². The van der Waals surface area contributed by atoms with E-state index >= 15 is 0 Å². The first-order chi connectivity index (χ1) is 11.1. The van der Waals surface area contributed by atoms with E-state index in [9.17, 15) is 4.57 Å². The smallest absolute Gasteiger partial charge is 0.342 e. The first kappa shape index (κ1) is 16.3. The van der Waals surface area contributed by atoms with E-state index in [-0.39, 0.29) is 0 Å². The summed E-state index contributed by atoms with van der Waals surface area (Å²) >= 11 is 0. The van der Waals surface area contributed by atoms with Crippen LogP contribution < -0.4 is 4.90 Å². The Morgan fingerprint density at radius 2 is 1.35 bits per heavy atom. The quantitative estimate of drug-likeness (QED) is 0.713. The largest absolute Gasteiger partial charge is 0.344 e. The van der Waals surface area contributed by atoms with Gasteiger partial charge in [0.25, 0.3) is 0 Å². The maximum Gasteiger partial charge on any atom is 0.342 e. The lowest BCUT2D eigenvalue weighted by Gasteiger charge is -2.37. The molecule has 0 radical (unpaired) electrons. The zero-order valence-corrected chi connectivity index (χ0v) is 14.6. The summed E-state index contributed by atoms with van der Waals surface area (Å²) < 4.78 is 24.9. The Labute approximate surface area is 137 Å². The summed E-state index contributed by atoms with van der Waals surface area (Å²) in [5, 5.41) is 0. The van der Waals surface area contributed by atoms with Crippen LogP contribution in [0.4, 0.5) is 11.4 Å². The lowest BCUT2D eigenvalue weighted by Crippen LogP contribution is -2.22. The Bertz CT molecular complexity index is 689. The minimum Gasteiger partial charge on any atom is -0.344 e. The molecule has 4 nitrogen and oxygen atoms in total. The van der Waals surface area contributed by atoms with E-state index in [4.69, 9.17) is 9.05 Å². The molecule has 0 bridgehead atoms. The zero-order chi connectivity index (χ0) is 16.4. The normalized spacial score (nSPS) is 14.5. The Kier molecular flexibility index (Phi) is 4.58. The molecule has 0 atom stereocenters. The Balaban J connectivity index is 2.24. The second-order valence-corrected chi connectivity index (χ2v) is 7.57. The maximum absolute atomic E-state index is 13.5. The van der Waals surface area contributed by atoms with Crippen molar-refractivity contribution in [1.82, 2.24) is 0 Å². The minimum atomic E-state index is -3.31. The van der Waals surface area contributed by atoms with Crippen LogP contribution in [0.2, 0.25) is 0 Å². The van der Waals surface area contributed by atoms with Gasteiger partial charge in [0.1, 0.15) is 5.66 Å². The molecule has 1 aliphatic heterocycles. The molecule has 1 heterocycles. The van der Waals surface area contributed by atoms with Gasteiger partial charge in [0.05, 0.1) is 13.2 Å². The number of fused-ring (bicyclic) bond motifs is 2. The van der Waals surface area contributed by atoms with Gasteiger partial charge in [-0.25, -0.2) is 0 Å². The van der Waals surface area contributed by atoms with E-state index in [1.54, 1.807) is 0 Å². The fraction of sp³-hybridized carbons (Fsp3) is 0.333. The average molecular weight is 331 g/mol. The van der Waals surface area contributed by atoms with Crippen LogP contribution in [0.15, 0.2) is 48.5 Å². The number of benzene rings is 2. The van der Waals surface area contributed by atoms with Gasteiger partial charge in [-0.15, -0.1) is 0 Å². The first-order valence-electron chi connectivity index (χ1n) is 7.92. The summed E-state index contributed by atoms with van der Waals surface area (Å²) in [5.41, 5.74) is 3.65. The summed E-state index contributed by atoms with van der Waals surface area (Å²) in [5.74, 6) is 0. The number of nitrogens with zero attached hydrogens (tertiary/aromatic N) is 1. The molecule has 0 unspecified atom stereocenters. The molecule has 122 valence electrons. The SMILES string of the molecule is CCOP(=O)(OCC)C1c2ccccc2N(C)c2ccccc21. The van der Waals surface area contributed by atoms with E-state index < -0.39 is 13.3 Å². The van der Waals surface area contributed by atoms with Crippen molar-refractivity contribution in [3.8, 4) is 0 Å². The fourth-order valence-electron chi connectivity index (χ4n) is 3.23. The topological polar surface area (TPSA) is 38.8 Å². The summed E-state index contributed by atoms with van der Waals surface area (Å²) in [4.78, 5) is 2.13. The van der Waals surface area contributed by atoms with Crippen molar-refractivity contribution in [2.45, 2.75) is 19.5 Å². The number of hydrogen-bond acceptors (Lipinski definition) is 4. The third-order valence-electron chi connectivity index (χ3n) is 4.12. The molecule has 0 saturated carbocycles. The predicted molar refractivity (Wildman–Crippen MR) is 93.6 cm³/mol. The monoisotopic (exact) mass is 331 g/mol. The standard InChI is InChI=1S/C18H22NO3P/c1-4-21-23(20,22-5-2)18-14-10-6-8-12-16(14)19(3)17-13-9-7-11-15(17)18/h6-13,18H,4-5H2,1-3H3. The fourth-order valence-corrected chi connectivity index (χ4v) is 5.44. The number of rotatable bonds is 5. The third kappa shape index (κ3) is 2.72. The van der Waals surface area contributed by atoms with Crippen LogP contribution in [-0.2, 0) is 13.6 Å². The van der Waals surface area contributed by atoms with Crippen LogP contribution in [0.3, 0.4) is 0 Å². The molecule has 2 aromatic carbocycles. The maximum atomic E-state index is 13.5. The number of hydrogen-bond donors (Lipinski definition) is 0. The van der Waals surface area contributed by atoms with Gasteiger partial charge in [0, 0.05) is 18.4 Å². The van der Waals surface area contributed by atoms with Gasteiger partial charge in [-0.2, -0.15) is 0 Å². The predicted octanol–water partition coefficient (Wildman–Crippen LogP) is 5.12. The van der Waals surface area contributed by atoms with E-state index in [0.29, 0.717) is 13.2 Å². The molecule has 0 N–H and O–H groups in total. The van der Waals surface area contributed by atoms with Crippen LogP contribution in [0, 0.1) is 0 Å². The molecular weight excluding hydrogens is 309 g/mol. The van der Waals surface area contributed by atoms with Gasteiger partial charge in [-0.3, -0.25) is 4.57 Å². The summed E-state index contributed by atoms with van der Waals surface area (Å²) in [6.07, 6.45) is 0. The average Bonchev–Trinajstić information content (AvgIpc) is 2.56. The molecule has 1 aliphatic rings. The molecule has 23 heavy (non-hydrogen) atoms. The molecule has 0 aromatic heterocycles. The highest BCUT2D eigenvalue weighted by molar-refractivity contribution is 7.54. The van der Waals surface area contributed by atoms with Crippen molar-refractivity contribution in [2.24, 2.45) is 0 Å². The minimum absolute atomic E-state index is 0.355. The highest BCUT2D eigenvalue weighted by atomic mass is 31.2. The van der Waals surface area contributed by atoms with Crippen LogP contribution in [0.25, 0.3) is 0 Å². The van der Waals surface area contributed by atoms with Gasteiger partial charge >= 0.3 is 7.60 Å². The molecule has 0 fully saturated rings. The van der Waals surface area contributed by atoms with E-state index in [1.165, 1.54) is 0 Å². The molecule has 0 spiro atoms. The molecule has 5 heteroatoms. The molecular formula is C18H22NO3P. The van der Waals surface area contributed by atoms with E-state index in [2.05, 4.69) is 4.90 Å². The molecule has 2 aromatic rings. The van der Waals surface area contributed by atoms with Crippen LogP contribution >= 0.6 is 7.60 Å². The van der Waals surface area contributed by atoms with Crippen molar-refractivity contribution in [3.05, 3.63) is 59.7 Å². The van der Waals surface area contributed by atoms with E-state index in [0.717, 1.165) is 22.5 Å². The Hall–Kier alpha value is -1.61.